The van der Waals surface area contributed by atoms with Crippen molar-refractivity contribution < 1.29 is 4.74 Å². The van der Waals surface area contributed by atoms with Crippen molar-refractivity contribution in [2.24, 2.45) is 5.84 Å². The Bertz CT molecular complexity index is 980. The molecule has 1 aromatic heterocycles. The number of hydrogen-bond donors (Lipinski definition) is 1. The summed E-state index contributed by atoms with van der Waals surface area (Å²) >= 11 is 0. The summed E-state index contributed by atoms with van der Waals surface area (Å²) in [6.45, 7) is 8.87. The zero-order valence-corrected chi connectivity index (χ0v) is 17.4. The number of nitrogens with two attached hydrogens (primary N) is 1. The summed E-state index contributed by atoms with van der Waals surface area (Å²) in [6, 6.07) is 16.6. The van der Waals surface area contributed by atoms with Gasteiger partial charge < -0.3 is 9.75 Å². The van der Waals surface area contributed by atoms with Gasteiger partial charge in [0.2, 0.25) is 0 Å². The number of nitrogens with zero attached hydrogens (tertiary/aromatic N) is 2. The summed E-state index contributed by atoms with van der Waals surface area (Å²) in [4.78, 5) is 4.77. The van der Waals surface area contributed by atoms with E-state index in [1.165, 1.54) is 5.56 Å². The molecule has 2 aromatic carbocycles. The van der Waals surface area contributed by atoms with Gasteiger partial charge in [0.25, 0.3) is 0 Å². The normalized spacial score (nSPS) is 10.8. The molecular formula is C24H29N3O. The Morgan fingerprint density at radius 1 is 0.964 bits per heavy atom. The highest BCUT2D eigenvalue weighted by Crippen LogP contribution is 2.31. The van der Waals surface area contributed by atoms with Gasteiger partial charge in [0, 0.05) is 23.9 Å². The minimum atomic E-state index is 0.479. The quantitative estimate of drug-likeness (QED) is 0.480. The van der Waals surface area contributed by atoms with E-state index in [2.05, 4.69) is 64.1 Å². The van der Waals surface area contributed by atoms with E-state index in [9.17, 15) is 0 Å². The molecule has 0 amide bonds. The lowest BCUT2D eigenvalue weighted by Crippen LogP contribution is -2.26. The minimum absolute atomic E-state index is 0.479. The first-order valence-electron chi connectivity index (χ1n) is 9.68. The Labute approximate surface area is 168 Å². The average Bonchev–Trinajstić information content (AvgIpc) is 2.68. The Morgan fingerprint density at radius 3 is 2.43 bits per heavy atom. The first-order valence-corrected chi connectivity index (χ1v) is 9.68. The van der Waals surface area contributed by atoms with E-state index in [0.29, 0.717) is 6.61 Å². The van der Waals surface area contributed by atoms with Crippen molar-refractivity contribution in [3.05, 3.63) is 76.5 Å². The van der Waals surface area contributed by atoms with Crippen LogP contribution in [0, 0.1) is 20.8 Å². The highest BCUT2D eigenvalue weighted by atomic mass is 16.5. The fourth-order valence-electron chi connectivity index (χ4n) is 3.40. The van der Waals surface area contributed by atoms with Gasteiger partial charge >= 0.3 is 0 Å². The lowest BCUT2D eigenvalue weighted by Gasteiger charge is -2.20. The summed E-state index contributed by atoms with van der Waals surface area (Å²) in [7, 11) is 1.85. The minimum Gasteiger partial charge on any atom is -0.489 e. The molecule has 0 spiro atoms. The summed E-state index contributed by atoms with van der Waals surface area (Å²) in [5.41, 5.74) is 8.77. The van der Waals surface area contributed by atoms with Crippen LogP contribution < -0.4 is 15.6 Å². The third kappa shape index (κ3) is 4.18. The molecule has 0 unspecified atom stereocenters. The van der Waals surface area contributed by atoms with Crippen molar-refractivity contribution in [3.8, 4) is 17.0 Å². The Kier molecular flexibility index (Phi) is 6.00. The molecule has 0 saturated carbocycles. The van der Waals surface area contributed by atoms with Crippen LogP contribution in [0.3, 0.4) is 0 Å². The fraction of sp³-hybridized carbons (Fsp3) is 0.292. The Morgan fingerprint density at radius 2 is 1.71 bits per heavy atom. The number of anilines is 1. The van der Waals surface area contributed by atoms with Crippen LogP contribution in [0.25, 0.3) is 11.3 Å². The number of aromatic nitrogens is 1. The molecule has 3 rings (SSSR count). The number of hydrogen-bond acceptors (Lipinski definition) is 4. The molecule has 2 N–H and O–H groups in total. The van der Waals surface area contributed by atoms with Gasteiger partial charge in [-0.05, 0) is 74.2 Å². The van der Waals surface area contributed by atoms with Crippen molar-refractivity contribution in [2.45, 2.75) is 40.7 Å². The van der Waals surface area contributed by atoms with Crippen LogP contribution in [0.1, 0.15) is 34.9 Å². The van der Waals surface area contributed by atoms with Crippen molar-refractivity contribution in [3.63, 3.8) is 0 Å². The van der Waals surface area contributed by atoms with Crippen molar-refractivity contribution in [2.75, 3.05) is 12.1 Å². The van der Waals surface area contributed by atoms with Gasteiger partial charge in [-0.3, -0.25) is 4.98 Å². The van der Waals surface area contributed by atoms with Crippen LogP contribution in [0.4, 0.5) is 5.69 Å². The fourth-order valence-corrected chi connectivity index (χ4v) is 3.40. The number of pyridine rings is 1. The number of rotatable bonds is 6. The van der Waals surface area contributed by atoms with E-state index in [-0.39, 0.29) is 0 Å². The van der Waals surface area contributed by atoms with Crippen molar-refractivity contribution >= 4 is 5.69 Å². The monoisotopic (exact) mass is 375 g/mol. The van der Waals surface area contributed by atoms with Crippen LogP contribution in [-0.2, 0) is 13.0 Å². The molecule has 0 saturated heterocycles. The Hall–Kier alpha value is -2.85. The predicted molar refractivity (Wildman–Crippen MR) is 117 cm³/mol. The number of ether oxygens (including phenoxy) is 1. The third-order valence-corrected chi connectivity index (χ3v) is 5.10. The lowest BCUT2D eigenvalue weighted by atomic mass is 10.0. The first kappa shape index (κ1) is 19.9. The summed E-state index contributed by atoms with van der Waals surface area (Å²) in [5, 5.41) is 1.64. The Balaban J connectivity index is 1.88. The molecule has 0 aliphatic heterocycles. The zero-order valence-electron chi connectivity index (χ0n) is 17.4. The van der Waals surface area contributed by atoms with E-state index in [1.807, 2.05) is 19.2 Å². The van der Waals surface area contributed by atoms with E-state index in [1.54, 1.807) is 5.01 Å². The molecule has 0 radical (unpaired) electrons. The molecule has 4 nitrogen and oxygen atoms in total. The maximum atomic E-state index is 6.21. The lowest BCUT2D eigenvalue weighted by molar-refractivity contribution is 0.303. The molecule has 1 heterocycles. The van der Waals surface area contributed by atoms with Crippen LogP contribution in [-0.4, -0.2) is 12.0 Å². The molecule has 0 fully saturated rings. The maximum absolute atomic E-state index is 6.21. The largest absolute Gasteiger partial charge is 0.489 e. The number of benzene rings is 2. The van der Waals surface area contributed by atoms with E-state index < -0.39 is 0 Å². The second-order valence-electron chi connectivity index (χ2n) is 7.27. The summed E-state index contributed by atoms with van der Waals surface area (Å²) in [6.07, 6.45) is 0.932. The zero-order chi connectivity index (χ0) is 20.3. The van der Waals surface area contributed by atoms with Crippen molar-refractivity contribution in [1.29, 1.82) is 0 Å². The number of aryl methyl sites for hydroxylation is 4. The van der Waals surface area contributed by atoms with Gasteiger partial charge in [-0.2, -0.15) is 0 Å². The average molecular weight is 376 g/mol. The molecule has 28 heavy (non-hydrogen) atoms. The van der Waals surface area contributed by atoms with Crippen molar-refractivity contribution in [1.82, 2.24) is 4.98 Å². The third-order valence-electron chi connectivity index (χ3n) is 5.10. The molecule has 4 heteroatoms. The van der Waals surface area contributed by atoms with Gasteiger partial charge in [0.05, 0.1) is 11.4 Å². The van der Waals surface area contributed by atoms with Gasteiger partial charge in [-0.15, -0.1) is 0 Å². The molecule has 3 aromatic rings. The van der Waals surface area contributed by atoms with Crippen LogP contribution >= 0.6 is 0 Å². The first-order chi connectivity index (χ1) is 13.4. The number of hydrazine groups is 1. The second-order valence-corrected chi connectivity index (χ2v) is 7.27. The van der Waals surface area contributed by atoms with E-state index >= 15 is 0 Å². The van der Waals surface area contributed by atoms with Gasteiger partial charge in [-0.25, -0.2) is 5.84 Å². The summed E-state index contributed by atoms with van der Waals surface area (Å²) in [5.74, 6) is 6.88. The highest BCUT2D eigenvalue weighted by molar-refractivity contribution is 5.66. The highest BCUT2D eigenvalue weighted by Gasteiger charge is 2.12. The smallest absolute Gasteiger partial charge is 0.123 e. The predicted octanol–water partition coefficient (Wildman–Crippen LogP) is 5.13. The van der Waals surface area contributed by atoms with Crippen LogP contribution in [0.15, 0.2) is 48.5 Å². The van der Waals surface area contributed by atoms with Crippen LogP contribution in [0.2, 0.25) is 0 Å². The SMILES string of the molecule is CCc1cccc(-c2cc(C)c(OCc3c(C)cccc3N(C)N)cc2C)n1. The molecule has 0 aliphatic rings. The molecule has 0 atom stereocenters. The van der Waals surface area contributed by atoms with E-state index in [4.69, 9.17) is 15.6 Å². The molecule has 0 aliphatic carbocycles. The standard InChI is InChI=1S/C24H29N3O/c1-6-19-10-8-11-22(26-19)20-13-18(4)24(14-17(20)3)28-15-21-16(2)9-7-12-23(21)27(5)25/h7-14H,6,15,25H2,1-5H3. The van der Waals surface area contributed by atoms with E-state index in [0.717, 1.165) is 51.5 Å². The van der Waals surface area contributed by atoms with Gasteiger partial charge in [0.15, 0.2) is 0 Å². The van der Waals surface area contributed by atoms with Gasteiger partial charge in [-0.1, -0.05) is 25.1 Å². The summed E-state index contributed by atoms with van der Waals surface area (Å²) < 4.78 is 6.21. The van der Waals surface area contributed by atoms with Crippen LogP contribution in [0.5, 0.6) is 5.75 Å². The second kappa shape index (κ2) is 8.44. The molecule has 0 bridgehead atoms. The molecular weight excluding hydrogens is 346 g/mol. The maximum Gasteiger partial charge on any atom is 0.123 e. The molecule has 146 valence electrons. The topological polar surface area (TPSA) is 51.4 Å². The van der Waals surface area contributed by atoms with Gasteiger partial charge in [0.1, 0.15) is 12.4 Å².